The van der Waals surface area contributed by atoms with Gasteiger partial charge in [-0.1, -0.05) is 42.3 Å². The maximum absolute atomic E-state index is 6.10. The van der Waals surface area contributed by atoms with Gasteiger partial charge in [0.25, 0.3) is 0 Å². The van der Waals surface area contributed by atoms with Gasteiger partial charge in [0, 0.05) is 12.0 Å². The van der Waals surface area contributed by atoms with Gasteiger partial charge in [-0.25, -0.2) is 9.97 Å². The molecular formula is C13H13Cl2N3. The first kappa shape index (κ1) is 13.1. The summed E-state index contributed by atoms with van der Waals surface area (Å²) in [6, 6.07) is 7.50. The molecule has 0 fully saturated rings. The van der Waals surface area contributed by atoms with Gasteiger partial charge in [-0.2, -0.15) is 0 Å². The summed E-state index contributed by atoms with van der Waals surface area (Å²) in [6.45, 7) is 3.86. The maximum atomic E-state index is 6.10. The van der Waals surface area contributed by atoms with Crippen molar-refractivity contribution in [1.82, 2.24) is 9.97 Å². The van der Waals surface area contributed by atoms with E-state index in [2.05, 4.69) is 15.3 Å². The molecule has 0 atom stereocenters. The van der Waals surface area contributed by atoms with E-state index < -0.39 is 0 Å². The lowest BCUT2D eigenvalue weighted by Gasteiger charge is -2.11. The summed E-state index contributed by atoms with van der Waals surface area (Å²) in [4.78, 5) is 8.62. The molecule has 0 saturated carbocycles. The van der Waals surface area contributed by atoms with Crippen LogP contribution in [0, 0.1) is 6.92 Å². The Bertz CT molecular complexity index is 570. The van der Waals surface area contributed by atoms with E-state index in [1.807, 2.05) is 38.1 Å². The van der Waals surface area contributed by atoms with Crippen molar-refractivity contribution in [1.29, 1.82) is 0 Å². The van der Waals surface area contributed by atoms with E-state index in [4.69, 9.17) is 23.2 Å². The molecule has 1 heterocycles. The van der Waals surface area contributed by atoms with E-state index in [0.717, 1.165) is 17.7 Å². The van der Waals surface area contributed by atoms with Gasteiger partial charge >= 0.3 is 0 Å². The standard InChI is InChI=1S/C13H13Cl2N3/c1-3-11-17-12(15)8(2)13(18-11)16-10-7-5-4-6-9(10)14/h4-7H,3H2,1-2H3,(H,16,17,18). The van der Waals surface area contributed by atoms with Crippen molar-refractivity contribution in [3.8, 4) is 0 Å². The first-order valence-electron chi connectivity index (χ1n) is 5.66. The third kappa shape index (κ3) is 2.74. The number of aryl methyl sites for hydroxylation is 1. The monoisotopic (exact) mass is 281 g/mol. The fraction of sp³-hybridized carbons (Fsp3) is 0.231. The normalized spacial score (nSPS) is 10.4. The minimum Gasteiger partial charge on any atom is -0.339 e. The first-order chi connectivity index (χ1) is 8.61. The van der Waals surface area contributed by atoms with Crippen LogP contribution in [0.15, 0.2) is 24.3 Å². The summed E-state index contributed by atoms with van der Waals surface area (Å²) in [6.07, 6.45) is 0.733. The highest BCUT2D eigenvalue weighted by Crippen LogP contribution is 2.27. The molecule has 1 N–H and O–H groups in total. The molecule has 0 bridgehead atoms. The van der Waals surface area contributed by atoms with E-state index in [1.54, 1.807) is 0 Å². The van der Waals surface area contributed by atoms with Crippen molar-refractivity contribution < 1.29 is 0 Å². The van der Waals surface area contributed by atoms with Gasteiger partial charge in [0.15, 0.2) is 0 Å². The van der Waals surface area contributed by atoms with Gasteiger partial charge in [0.05, 0.1) is 10.7 Å². The SMILES string of the molecule is CCc1nc(Cl)c(C)c(Nc2ccccc2Cl)n1. The van der Waals surface area contributed by atoms with Crippen LogP contribution in [0.4, 0.5) is 11.5 Å². The van der Waals surface area contributed by atoms with Gasteiger partial charge in [-0.05, 0) is 19.1 Å². The van der Waals surface area contributed by atoms with Crippen molar-refractivity contribution in [2.45, 2.75) is 20.3 Å². The molecule has 0 aliphatic rings. The second kappa shape index (κ2) is 5.55. The summed E-state index contributed by atoms with van der Waals surface area (Å²) >= 11 is 12.2. The highest BCUT2D eigenvalue weighted by Gasteiger charge is 2.09. The molecule has 0 amide bonds. The molecule has 2 aromatic rings. The van der Waals surface area contributed by atoms with Crippen molar-refractivity contribution in [2.24, 2.45) is 0 Å². The number of halogens is 2. The second-order valence-electron chi connectivity index (χ2n) is 3.86. The molecular weight excluding hydrogens is 269 g/mol. The average Bonchev–Trinajstić information content (AvgIpc) is 2.37. The number of aromatic nitrogens is 2. The quantitative estimate of drug-likeness (QED) is 0.848. The number of benzene rings is 1. The predicted molar refractivity (Wildman–Crippen MR) is 75.9 cm³/mol. The lowest BCUT2D eigenvalue weighted by molar-refractivity contribution is 0.934. The Balaban J connectivity index is 2.40. The number of rotatable bonds is 3. The van der Waals surface area contributed by atoms with Crippen LogP contribution in [0.2, 0.25) is 10.2 Å². The van der Waals surface area contributed by atoms with Crippen LogP contribution in [0.3, 0.4) is 0 Å². The topological polar surface area (TPSA) is 37.8 Å². The molecule has 3 nitrogen and oxygen atoms in total. The molecule has 0 aliphatic carbocycles. The summed E-state index contributed by atoms with van der Waals surface area (Å²) in [5.41, 5.74) is 1.62. The van der Waals surface area contributed by atoms with E-state index in [-0.39, 0.29) is 0 Å². The molecule has 1 aromatic carbocycles. The lowest BCUT2D eigenvalue weighted by atomic mass is 10.3. The molecule has 1 aromatic heterocycles. The maximum Gasteiger partial charge on any atom is 0.138 e. The first-order valence-corrected chi connectivity index (χ1v) is 6.42. The zero-order valence-electron chi connectivity index (χ0n) is 10.2. The Morgan fingerprint density at radius 2 is 1.89 bits per heavy atom. The van der Waals surface area contributed by atoms with E-state index >= 15 is 0 Å². The minimum absolute atomic E-state index is 0.469. The largest absolute Gasteiger partial charge is 0.339 e. The highest BCUT2D eigenvalue weighted by atomic mass is 35.5. The van der Waals surface area contributed by atoms with Crippen LogP contribution in [-0.2, 0) is 6.42 Å². The molecule has 0 aliphatic heterocycles. The number of hydrogen-bond donors (Lipinski definition) is 1. The Kier molecular flexibility index (Phi) is 4.04. The zero-order valence-corrected chi connectivity index (χ0v) is 11.7. The molecule has 18 heavy (non-hydrogen) atoms. The third-order valence-corrected chi connectivity index (χ3v) is 3.27. The summed E-state index contributed by atoms with van der Waals surface area (Å²) in [5.74, 6) is 1.40. The Labute approximate surface area is 116 Å². The molecule has 0 saturated heterocycles. The van der Waals surface area contributed by atoms with Gasteiger partial charge in [-0.3, -0.25) is 0 Å². The Hall–Kier alpha value is -1.32. The van der Waals surface area contributed by atoms with Crippen LogP contribution in [0.25, 0.3) is 0 Å². The smallest absolute Gasteiger partial charge is 0.138 e. The fourth-order valence-electron chi connectivity index (χ4n) is 1.50. The van der Waals surface area contributed by atoms with Gasteiger partial charge < -0.3 is 5.32 Å². The van der Waals surface area contributed by atoms with E-state index in [9.17, 15) is 0 Å². The van der Waals surface area contributed by atoms with Gasteiger partial charge in [0.2, 0.25) is 0 Å². The summed E-state index contributed by atoms with van der Waals surface area (Å²) in [5, 5.41) is 4.30. The Morgan fingerprint density at radius 3 is 2.56 bits per heavy atom. The van der Waals surface area contributed by atoms with Crippen molar-refractivity contribution in [3.05, 3.63) is 45.8 Å². The number of hydrogen-bond acceptors (Lipinski definition) is 3. The number of nitrogens with zero attached hydrogens (tertiary/aromatic N) is 2. The summed E-state index contributed by atoms with van der Waals surface area (Å²) < 4.78 is 0. The van der Waals surface area contributed by atoms with Crippen LogP contribution in [-0.4, -0.2) is 9.97 Å². The minimum atomic E-state index is 0.469. The van der Waals surface area contributed by atoms with Gasteiger partial charge in [0.1, 0.15) is 16.8 Å². The van der Waals surface area contributed by atoms with Crippen LogP contribution >= 0.6 is 23.2 Å². The third-order valence-electron chi connectivity index (χ3n) is 2.58. The molecule has 2 rings (SSSR count). The van der Waals surface area contributed by atoms with E-state index in [0.29, 0.717) is 21.8 Å². The Morgan fingerprint density at radius 1 is 1.17 bits per heavy atom. The number of nitrogens with one attached hydrogen (secondary N) is 1. The second-order valence-corrected chi connectivity index (χ2v) is 4.63. The predicted octanol–water partition coefficient (Wildman–Crippen LogP) is 4.40. The summed E-state index contributed by atoms with van der Waals surface area (Å²) in [7, 11) is 0. The van der Waals surface area contributed by atoms with Crippen molar-refractivity contribution in [3.63, 3.8) is 0 Å². The fourth-order valence-corrected chi connectivity index (χ4v) is 1.87. The lowest BCUT2D eigenvalue weighted by Crippen LogP contribution is -2.03. The van der Waals surface area contributed by atoms with Crippen LogP contribution < -0.4 is 5.32 Å². The number of para-hydroxylation sites is 1. The zero-order chi connectivity index (χ0) is 13.1. The highest BCUT2D eigenvalue weighted by molar-refractivity contribution is 6.33. The molecule has 0 spiro atoms. The van der Waals surface area contributed by atoms with Crippen molar-refractivity contribution in [2.75, 3.05) is 5.32 Å². The van der Waals surface area contributed by atoms with Gasteiger partial charge in [-0.15, -0.1) is 0 Å². The number of anilines is 2. The molecule has 0 radical (unpaired) electrons. The van der Waals surface area contributed by atoms with Crippen LogP contribution in [0.5, 0.6) is 0 Å². The van der Waals surface area contributed by atoms with Crippen LogP contribution in [0.1, 0.15) is 18.3 Å². The molecule has 5 heteroatoms. The molecule has 94 valence electrons. The van der Waals surface area contributed by atoms with Crippen molar-refractivity contribution >= 4 is 34.7 Å². The molecule has 0 unspecified atom stereocenters. The average molecular weight is 282 g/mol. The van der Waals surface area contributed by atoms with E-state index in [1.165, 1.54) is 0 Å².